The smallest absolute Gasteiger partial charge is 0.337 e. The molecule has 1 aliphatic heterocycles. The Bertz CT molecular complexity index is 459. The Labute approximate surface area is 107 Å². The molecular weight excluding hydrogens is 228 g/mol. The van der Waals surface area contributed by atoms with Crippen molar-refractivity contribution in [1.29, 1.82) is 0 Å². The molecule has 1 aromatic rings. The van der Waals surface area contributed by atoms with Gasteiger partial charge in [0.05, 0.1) is 5.56 Å². The molecule has 0 aliphatic carbocycles. The Morgan fingerprint density at radius 1 is 1.44 bits per heavy atom. The highest BCUT2D eigenvalue weighted by Crippen LogP contribution is 2.30. The van der Waals surface area contributed by atoms with Crippen molar-refractivity contribution in [2.75, 3.05) is 17.2 Å². The van der Waals surface area contributed by atoms with E-state index in [9.17, 15) is 4.79 Å². The SMILES string of the molecule is CC1CCCN(c2ccc(C(=O)O)c(N)c2)C1C. The van der Waals surface area contributed by atoms with Crippen molar-refractivity contribution in [2.45, 2.75) is 32.7 Å². The van der Waals surface area contributed by atoms with Crippen molar-refractivity contribution in [3.05, 3.63) is 23.8 Å². The summed E-state index contributed by atoms with van der Waals surface area (Å²) >= 11 is 0. The van der Waals surface area contributed by atoms with Gasteiger partial charge in [-0.2, -0.15) is 0 Å². The van der Waals surface area contributed by atoms with Crippen LogP contribution in [0.5, 0.6) is 0 Å². The second kappa shape index (κ2) is 4.88. The molecule has 0 aromatic heterocycles. The fraction of sp³-hybridized carbons (Fsp3) is 0.500. The fourth-order valence-electron chi connectivity index (χ4n) is 2.62. The fourth-order valence-corrected chi connectivity index (χ4v) is 2.62. The first-order valence-electron chi connectivity index (χ1n) is 6.40. The highest BCUT2D eigenvalue weighted by molar-refractivity contribution is 5.94. The lowest BCUT2D eigenvalue weighted by atomic mass is 9.91. The Kier molecular flexibility index (Phi) is 3.45. The van der Waals surface area contributed by atoms with Crippen molar-refractivity contribution in [3.8, 4) is 0 Å². The largest absolute Gasteiger partial charge is 0.478 e. The number of nitrogens with two attached hydrogens (primary N) is 1. The third-order valence-electron chi connectivity index (χ3n) is 3.97. The highest BCUT2D eigenvalue weighted by Gasteiger charge is 2.25. The third-order valence-corrected chi connectivity index (χ3v) is 3.97. The van der Waals surface area contributed by atoms with Gasteiger partial charge in [0.1, 0.15) is 0 Å². The van der Waals surface area contributed by atoms with Crippen LogP contribution < -0.4 is 10.6 Å². The Morgan fingerprint density at radius 3 is 2.78 bits per heavy atom. The van der Waals surface area contributed by atoms with Gasteiger partial charge >= 0.3 is 5.97 Å². The number of piperidine rings is 1. The number of hydrogen-bond donors (Lipinski definition) is 2. The van der Waals surface area contributed by atoms with E-state index in [-0.39, 0.29) is 5.56 Å². The molecule has 0 amide bonds. The van der Waals surface area contributed by atoms with Gasteiger partial charge in [0, 0.05) is 24.0 Å². The maximum Gasteiger partial charge on any atom is 0.337 e. The highest BCUT2D eigenvalue weighted by atomic mass is 16.4. The molecule has 1 fully saturated rings. The first kappa shape index (κ1) is 12.7. The molecule has 18 heavy (non-hydrogen) atoms. The number of carbonyl (C=O) groups is 1. The quantitative estimate of drug-likeness (QED) is 0.789. The first-order chi connectivity index (χ1) is 8.50. The van der Waals surface area contributed by atoms with Gasteiger partial charge < -0.3 is 15.7 Å². The molecule has 98 valence electrons. The Hall–Kier alpha value is -1.71. The van der Waals surface area contributed by atoms with Crippen LogP contribution in [-0.4, -0.2) is 23.7 Å². The van der Waals surface area contributed by atoms with Gasteiger partial charge in [-0.25, -0.2) is 4.79 Å². The Morgan fingerprint density at radius 2 is 2.17 bits per heavy atom. The predicted molar refractivity (Wildman–Crippen MR) is 73.0 cm³/mol. The summed E-state index contributed by atoms with van der Waals surface area (Å²) in [5.41, 5.74) is 7.34. The van der Waals surface area contributed by atoms with E-state index in [1.807, 2.05) is 6.07 Å². The maximum absolute atomic E-state index is 10.9. The number of rotatable bonds is 2. The van der Waals surface area contributed by atoms with Crippen molar-refractivity contribution >= 4 is 17.3 Å². The molecule has 2 unspecified atom stereocenters. The number of aromatic carboxylic acids is 1. The topological polar surface area (TPSA) is 66.6 Å². The van der Waals surface area contributed by atoms with E-state index in [4.69, 9.17) is 10.8 Å². The monoisotopic (exact) mass is 248 g/mol. The molecule has 0 bridgehead atoms. The number of carboxylic acids is 1. The summed E-state index contributed by atoms with van der Waals surface area (Å²) in [6.45, 7) is 5.48. The lowest BCUT2D eigenvalue weighted by molar-refractivity contribution is 0.0698. The minimum Gasteiger partial charge on any atom is -0.478 e. The van der Waals surface area contributed by atoms with E-state index in [2.05, 4.69) is 18.7 Å². The van der Waals surface area contributed by atoms with Crippen LogP contribution in [-0.2, 0) is 0 Å². The summed E-state index contributed by atoms with van der Waals surface area (Å²) in [4.78, 5) is 13.2. The minimum atomic E-state index is -0.973. The molecule has 1 saturated heterocycles. The van der Waals surface area contributed by atoms with Gasteiger partial charge in [0.25, 0.3) is 0 Å². The summed E-state index contributed by atoms with van der Waals surface area (Å²) in [5.74, 6) is -0.321. The van der Waals surface area contributed by atoms with Crippen molar-refractivity contribution in [3.63, 3.8) is 0 Å². The maximum atomic E-state index is 10.9. The normalized spacial score (nSPS) is 24.0. The molecule has 0 radical (unpaired) electrons. The molecule has 1 heterocycles. The molecule has 1 aromatic carbocycles. The van der Waals surface area contributed by atoms with Crippen LogP contribution in [0.3, 0.4) is 0 Å². The number of anilines is 2. The van der Waals surface area contributed by atoms with E-state index in [0.29, 0.717) is 17.6 Å². The van der Waals surface area contributed by atoms with E-state index in [0.717, 1.165) is 12.2 Å². The lowest BCUT2D eigenvalue weighted by Gasteiger charge is -2.39. The molecule has 2 rings (SSSR count). The summed E-state index contributed by atoms with van der Waals surface area (Å²) in [6, 6.07) is 5.69. The number of nitrogens with zero attached hydrogens (tertiary/aromatic N) is 1. The van der Waals surface area contributed by atoms with Crippen LogP contribution in [0.2, 0.25) is 0 Å². The van der Waals surface area contributed by atoms with Crippen LogP contribution in [0, 0.1) is 5.92 Å². The standard InChI is InChI=1S/C14H20N2O2/c1-9-4-3-7-16(10(9)2)11-5-6-12(14(17)18)13(15)8-11/h5-6,8-10H,3-4,7,15H2,1-2H3,(H,17,18). The summed E-state index contributed by atoms with van der Waals surface area (Å²) in [5, 5.41) is 8.97. The average Bonchev–Trinajstić information content (AvgIpc) is 2.32. The molecule has 4 nitrogen and oxygen atoms in total. The number of carboxylic acid groups (broad SMARTS) is 1. The number of nitrogen functional groups attached to an aromatic ring is 1. The number of hydrogen-bond acceptors (Lipinski definition) is 3. The van der Waals surface area contributed by atoms with Gasteiger partial charge in [0.15, 0.2) is 0 Å². The molecule has 0 spiro atoms. The van der Waals surface area contributed by atoms with Gasteiger partial charge in [-0.1, -0.05) is 6.92 Å². The van der Waals surface area contributed by atoms with Crippen molar-refractivity contribution in [1.82, 2.24) is 0 Å². The zero-order valence-corrected chi connectivity index (χ0v) is 10.9. The molecular formula is C14H20N2O2. The van der Waals surface area contributed by atoms with Crippen LogP contribution >= 0.6 is 0 Å². The van der Waals surface area contributed by atoms with E-state index in [1.54, 1.807) is 12.1 Å². The van der Waals surface area contributed by atoms with Crippen LogP contribution in [0.4, 0.5) is 11.4 Å². The van der Waals surface area contributed by atoms with Gasteiger partial charge in [-0.05, 0) is 43.9 Å². The van der Waals surface area contributed by atoms with Crippen molar-refractivity contribution < 1.29 is 9.90 Å². The molecule has 1 aliphatic rings. The summed E-state index contributed by atoms with van der Waals surface area (Å²) < 4.78 is 0. The molecule has 3 N–H and O–H groups in total. The lowest BCUT2D eigenvalue weighted by Crippen LogP contribution is -2.42. The van der Waals surface area contributed by atoms with E-state index in [1.165, 1.54) is 12.8 Å². The first-order valence-corrected chi connectivity index (χ1v) is 6.40. The zero-order valence-electron chi connectivity index (χ0n) is 10.9. The Balaban J connectivity index is 2.28. The molecule has 0 saturated carbocycles. The average molecular weight is 248 g/mol. The molecule has 4 heteroatoms. The van der Waals surface area contributed by atoms with Crippen molar-refractivity contribution in [2.24, 2.45) is 5.92 Å². The summed E-state index contributed by atoms with van der Waals surface area (Å²) in [7, 11) is 0. The van der Waals surface area contributed by atoms with Crippen LogP contribution in [0.25, 0.3) is 0 Å². The van der Waals surface area contributed by atoms with Crippen LogP contribution in [0.15, 0.2) is 18.2 Å². The van der Waals surface area contributed by atoms with Gasteiger partial charge in [-0.3, -0.25) is 0 Å². The molecule has 2 atom stereocenters. The minimum absolute atomic E-state index is 0.177. The second-order valence-corrected chi connectivity index (χ2v) is 5.13. The predicted octanol–water partition coefficient (Wildman–Crippen LogP) is 2.59. The zero-order chi connectivity index (χ0) is 13.3. The van der Waals surface area contributed by atoms with E-state index < -0.39 is 5.97 Å². The van der Waals surface area contributed by atoms with Crippen LogP contribution in [0.1, 0.15) is 37.0 Å². The third kappa shape index (κ3) is 2.28. The number of benzene rings is 1. The summed E-state index contributed by atoms with van der Waals surface area (Å²) in [6.07, 6.45) is 2.42. The van der Waals surface area contributed by atoms with Gasteiger partial charge in [-0.15, -0.1) is 0 Å². The van der Waals surface area contributed by atoms with E-state index >= 15 is 0 Å². The van der Waals surface area contributed by atoms with Gasteiger partial charge in [0.2, 0.25) is 0 Å². The second-order valence-electron chi connectivity index (χ2n) is 5.13.